The Labute approximate surface area is 203 Å². The van der Waals surface area contributed by atoms with Crippen molar-refractivity contribution < 1.29 is 19.1 Å². The molecule has 8 heteroatoms. The second kappa shape index (κ2) is 9.89. The molecule has 1 aromatic heterocycles. The van der Waals surface area contributed by atoms with Gasteiger partial charge in [-0.2, -0.15) is 0 Å². The lowest BCUT2D eigenvalue weighted by atomic mass is 9.95. The summed E-state index contributed by atoms with van der Waals surface area (Å²) in [6.45, 7) is 2.95. The van der Waals surface area contributed by atoms with E-state index >= 15 is 0 Å². The van der Waals surface area contributed by atoms with E-state index in [9.17, 15) is 14.4 Å². The second-order valence-electron chi connectivity index (χ2n) is 8.54. The van der Waals surface area contributed by atoms with Crippen molar-refractivity contribution in [2.45, 2.75) is 26.2 Å². The first-order valence-corrected chi connectivity index (χ1v) is 11.7. The van der Waals surface area contributed by atoms with Crippen LogP contribution in [0.4, 0.5) is 0 Å². The summed E-state index contributed by atoms with van der Waals surface area (Å²) in [5.74, 6) is 0.426. The Bertz CT molecular complexity index is 1240. The molecule has 2 amide bonds. The molecule has 2 aromatic carbocycles. The first-order chi connectivity index (χ1) is 16.3. The zero-order chi connectivity index (χ0) is 24.4. The lowest BCUT2D eigenvalue weighted by Gasteiger charge is -2.31. The molecule has 34 heavy (non-hydrogen) atoms. The fourth-order valence-electron chi connectivity index (χ4n) is 4.65. The third-order valence-electron chi connectivity index (χ3n) is 6.63. The van der Waals surface area contributed by atoms with Crippen molar-refractivity contribution in [3.05, 3.63) is 64.3 Å². The van der Waals surface area contributed by atoms with Gasteiger partial charge in [0.15, 0.2) is 0 Å². The topological polar surface area (TPSA) is 80.6 Å². The number of hydrogen-bond donors (Lipinski definition) is 1. The highest BCUT2D eigenvalue weighted by Crippen LogP contribution is 2.31. The summed E-state index contributed by atoms with van der Waals surface area (Å²) in [5.41, 5.74) is 2.75. The molecule has 0 aliphatic carbocycles. The van der Waals surface area contributed by atoms with E-state index in [2.05, 4.69) is 5.32 Å². The van der Waals surface area contributed by atoms with Crippen LogP contribution in [-0.2, 0) is 16.0 Å². The number of amides is 2. The van der Waals surface area contributed by atoms with E-state index in [1.165, 1.54) is 0 Å². The van der Waals surface area contributed by atoms with Crippen LogP contribution in [0.2, 0.25) is 5.02 Å². The standard InChI is InChI=1S/C26H28ClN3O4/c1-16-21(15-24(31)29-12-10-17(11-13-29)25(32)28-2)22-14-20(34-3)8-9-23(22)30(16)26(33)18-4-6-19(27)7-5-18/h4-9,14,17H,10-13,15H2,1-3H3,(H,28,32). The van der Waals surface area contributed by atoms with E-state index in [4.69, 9.17) is 16.3 Å². The number of benzene rings is 2. The maximum Gasteiger partial charge on any atom is 0.262 e. The van der Waals surface area contributed by atoms with Gasteiger partial charge in [-0.1, -0.05) is 11.6 Å². The molecule has 178 valence electrons. The van der Waals surface area contributed by atoms with Crippen LogP contribution in [0.1, 0.15) is 34.5 Å². The van der Waals surface area contributed by atoms with E-state index in [1.807, 2.05) is 30.0 Å². The van der Waals surface area contributed by atoms with Crippen LogP contribution >= 0.6 is 11.6 Å². The highest BCUT2D eigenvalue weighted by molar-refractivity contribution is 6.30. The predicted molar refractivity (Wildman–Crippen MR) is 131 cm³/mol. The van der Waals surface area contributed by atoms with Crippen LogP contribution in [0.3, 0.4) is 0 Å². The van der Waals surface area contributed by atoms with E-state index in [0.717, 1.165) is 22.2 Å². The zero-order valence-electron chi connectivity index (χ0n) is 19.6. The van der Waals surface area contributed by atoms with Crippen LogP contribution < -0.4 is 10.1 Å². The number of nitrogens with zero attached hydrogens (tertiary/aromatic N) is 2. The summed E-state index contributed by atoms with van der Waals surface area (Å²) in [6.07, 6.45) is 1.46. The molecule has 0 unspecified atom stereocenters. The molecular formula is C26H28ClN3O4. The van der Waals surface area contributed by atoms with Gasteiger partial charge in [-0.15, -0.1) is 0 Å². The summed E-state index contributed by atoms with van der Waals surface area (Å²) < 4.78 is 7.06. The molecule has 4 rings (SSSR count). The molecule has 1 saturated heterocycles. The fourth-order valence-corrected chi connectivity index (χ4v) is 4.78. The molecule has 2 heterocycles. The van der Waals surface area contributed by atoms with Gasteiger partial charge in [-0.3, -0.25) is 19.0 Å². The molecule has 0 saturated carbocycles. The van der Waals surface area contributed by atoms with Crippen LogP contribution in [-0.4, -0.2) is 54.4 Å². The van der Waals surface area contributed by atoms with Gasteiger partial charge in [0.1, 0.15) is 5.75 Å². The number of ether oxygens (including phenoxy) is 1. The molecule has 0 bridgehead atoms. The SMILES string of the molecule is CNC(=O)C1CCN(C(=O)Cc2c(C)n(C(=O)c3ccc(Cl)cc3)c3ccc(OC)cc23)CC1. The predicted octanol–water partition coefficient (Wildman–Crippen LogP) is 3.83. The zero-order valence-corrected chi connectivity index (χ0v) is 20.3. The van der Waals surface area contributed by atoms with Gasteiger partial charge in [0.25, 0.3) is 5.91 Å². The number of hydrogen-bond acceptors (Lipinski definition) is 4. The first-order valence-electron chi connectivity index (χ1n) is 11.3. The van der Waals surface area contributed by atoms with E-state index in [0.29, 0.717) is 42.3 Å². The highest BCUT2D eigenvalue weighted by atomic mass is 35.5. The van der Waals surface area contributed by atoms with Crippen LogP contribution in [0, 0.1) is 12.8 Å². The second-order valence-corrected chi connectivity index (χ2v) is 8.98. The molecule has 0 radical (unpaired) electrons. The average Bonchev–Trinajstić information content (AvgIpc) is 3.13. The molecule has 0 spiro atoms. The Balaban J connectivity index is 1.66. The van der Waals surface area contributed by atoms with Crippen molar-refractivity contribution in [2.24, 2.45) is 5.92 Å². The molecule has 1 aliphatic rings. The number of fused-ring (bicyclic) bond motifs is 1. The lowest BCUT2D eigenvalue weighted by Crippen LogP contribution is -2.43. The van der Waals surface area contributed by atoms with Gasteiger partial charge in [-0.05, 0) is 67.8 Å². The Morgan fingerprint density at radius 1 is 1.09 bits per heavy atom. The normalized spacial score (nSPS) is 14.3. The number of methoxy groups -OCH3 is 1. The molecule has 1 N–H and O–H groups in total. The van der Waals surface area contributed by atoms with Gasteiger partial charge < -0.3 is 15.0 Å². The van der Waals surface area contributed by atoms with Crippen LogP contribution in [0.15, 0.2) is 42.5 Å². The maximum absolute atomic E-state index is 13.4. The third-order valence-corrected chi connectivity index (χ3v) is 6.88. The van der Waals surface area contributed by atoms with Crippen molar-refractivity contribution >= 4 is 40.2 Å². The number of carbonyl (C=O) groups excluding carboxylic acids is 3. The monoisotopic (exact) mass is 481 g/mol. The average molecular weight is 482 g/mol. The molecule has 1 aliphatic heterocycles. The number of halogens is 1. The third kappa shape index (κ3) is 4.53. The number of rotatable bonds is 5. The van der Waals surface area contributed by atoms with E-state index in [1.54, 1.807) is 43.0 Å². The molecule has 3 aromatic rings. The quantitative estimate of drug-likeness (QED) is 0.600. The minimum absolute atomic E-state index is 0.0146. The number of carbonyl (C=O) groups is 3. The van der Waals surface area contributed by atoms with E-state index in [-0.39, 0.29) is 30.1 Å². The van der Waals surface area contributed by atoms with Gasteiger partial charge in [0.2, 0.25) is 11.8 Å². The van der Waals surface area contributed by atoms with Gasteiger partial charge in [0, 0.05) is 47.7 Å². The lowest BCUT2D eigenvalue weighted by molar-refractivity contribution is -0.134. The maximum atomic E-state index is 13.4. The number of nitrogens with one attached hydrogen (secondary N) is 1. The van der Waals surface area contributed by atoms with Crippen molar-refractivity contribution in [2.75, 3.05) is 27.2 Å². The Hall–Kier alpha value is -3.32. The molecule has 0 atom stereocenters. The van der Waals surface area contributed by atoms with Crippen molar-refractivity contribution in [3.8, 4) is 5.75 Å². The minimum Gasteiger partial charge on any atom is -0.497 e. The van der Waals surface area contributed by atoms with Crippen molar-refractivity contribution in [3.63, 3.8) is 0 Å². The number of piperidine rings is 1. The van der Waals surface area contributed by atoms with Gasteiger partial charge in [0.05, 0.1) is 19.0 Å². The van der Waals surface area contributed by atoms with Gasteiger partial charge in [-0.25, -0.2) is 0 Å². The Morgan fingerprint density at radius 3 is 2.38 bits per heavy atom. The molecule has 1 fully saturated rings. The van der Waals surface area contributed by atoms with Crippen molar-refractivity contribution in [1.29, 1.82) is 0 Å². The van der Waals surface area contributed by atoms with Crippen LogP contribution in [0.25, 0.3) is 10.9 Å². The van der Waals surface area contributed by atoms with E-state index < -0.39 is 0 Å². The summed E-state index contributed by atoms with van der Waals surface area (Å²) in [6, 6.07) is 12.3. The Kier molecular flexibility index (Phi) is 6.93. The highest BCUT2D eigenvalue weighted by Gasteiger charge is 2.28. The minimum atomic E-state index is -0.186. The molecular weight excluding hydrogens is 454 g/mol. The molecule has 7 nitrogen and oxygen atoms in total. The van der Waals surface area contributed by atoms with Gasteiger partial charge >= 0.3 is 0 Å². The number of likely N-dealkylation sites (tertiary alicyclic amines) is 1. The summed E-state index contributed by atoms with van der Waals surface area (Å²) in [4.78, 5) is 40.4. The Morgan fingerprint density at radius 2 is 1.76 bits per heavy atom. The summed E-state index contributed by atoms with van der Waals surface area (Å²) in [5, 5.41) is 4.06. The largest absolute Gasteiger partial charge is 0.497 e. The van der Waals surface area contributed by atoms with Crippen molar-refractivity contribution in [1.82, 2.24) is 14.8 Å². The fraction of sp³-hybridized carbons (Fsp3) is 0.346. The first kappa shape index (κ1) is 23.8. The number of aromatic nitrogens is 1. The summed E-state index contributed by atoms with van der Waals surface area (Å²) >= 11 is 6.00. The smallest absolute Gasteiger partial charge is 0.262 e. The van der Waals surface area contributed by atoms with Crippen LogP contribution in [0.5, 0.6) is 5.75 Å². The summed E-state index contributed by atoms with van der Waals surface area (Å²) in [7, 11) is 3.23.